The molecule has 0 atom stereocenters. The molecule has 0 amide bonds. The first-order valence-corrected chi connectivity index (χ1v) is 7.98. The third kappa shape index (κ3) is 3.40. The Morgan fingerprint density at radius 2 is 1.96 bits per heavy atom. The van der Waals surface area contributed by atoms with Gasteiger partial charge in [0.15, 0.2) is 0 Å². The van der Waals surface area contributed by atoms with Crippen molar-refractivity contribution in [2.75, 3.05) is 0 Å². The van der Waals surface area contributed by atoms with Crippen LogP contribution in [0.2, 0.25) is 0 Å². The third-order valence-electron chi connectivity index (χ3n) is 3.38. The molecule has 0 unspecified atom stereocenters. The summed E-state index contributed by atoms with van der Waals surface area (Å²) in [6, 6.07) is 14.8. The van der Waals surface area contributed by atoms with Gasteiger partial charge in [-0.25, -0.2) is 9.78 Å². The molecule has 0 aliphatic rings. The SMILES string of the molecule is Cc1cccc(C(=O)OCc2csc(-c3ccccc3)n2)c1O. The minimum Gasteiger partial charge on any atom is -0.507 e. The van der Waals surface area contributed by atoms with Crippen LogP contribution in [0.4, 0.5) is 0 Å². The molecule has 116 valence electrons. The number of hydrogen-bond acceptors (Lipinski definition) is 5. The van der Waals surface area contributed by atoms with Crippen LogP contribution in [0.5, 0.6) is 5.75 Å². The molecule has 0 aliphatic heterocycles. The molecule has 0 aliphatic carbocycles. The van der Waals surface area contributed by atoms with Crippen LogP contribution in [-0.4, -0.2) is 16.1 Å². The van der Waals surface area contributed by atoms with E-state index in [0.29, 0.717) is 11.3 Å². The molecule has 1 N–H and O–H groups in total. The van der Waals surface area contributed by atoms with E-state index in [9.17, 15) is 9.90 Å². The van der Waals surface area contributed by atoms with E-state index in [2.05, 4.69) is 4.98 Å². The molecule has 3 rings (SSSR count). The van der Waals surface area contributed by atoms with Crippen molar-refractivity contribution in [3.63, 3.8) is 0 Å². The highest BCUT2D eigenvalue weighted by atomic mass is 32.1. The first-order valence-electron chi connectivity index (χ1n) is 7.10. The van der Waals surface area contributed by atoms with E-state index in [1.807, 2.05) is 35.7 Å². The van der Waals surface area contributed by atoms with Gasteiger partial charge in [-0.1, -0.05) is 42.5 Å². The van der Waals surface area contributed by atoms with Crippen LogP contribution < -0.4 is 0 Å². The van der Waals surface area contributed by atoms with Crippen molar-refractivity contribution in [1.82, 2.24) is 4.98 Å². The molecule has 0 fully saturated rings. The van der Waals surface area contributed by atoms with Crippen molar-refractivity contribution in [1.29, 1.82) is 0 Å². The fourth-order valence-corrected chi connectivity index (χ4v) is 2.94. The fourth-order valence-electron chi connectivity index (χ4n) is 2.13. The van der Waals surface area contributed by atoms with E-state index < -0.39 is 5.97 Å². The lowest BCUT2D eigenvalue weighted by molar-refractivity contribution is 0.0465. The Kier molecular flexibility index (Phi) is 4.39. The molecule has 2 aromatic carbocycles. The molecular formula is C18H15NO3S. The molecule has 5 heteroatoms. The van der Waals surface area contributed by atoms with Crippen LogP contribution in [0.15, 0.2) is 53.9 Å². The number of ether oxygens (including phenoxy) is 1. The standard InChI is InChI=1S/C18H15NO3S/c1-12-6-5-9-15(16(12)20)18(21)22-10-14-11-23-17(19-14)13-7-3-2-4-8-13/h2-9,11,20H,10H2,1H3. The summed E-state index contributed by atoms with van der Waals surface area (Å²) in [7, 11) is 0. The van der Waals surface area contributed by atoms with Crippen LogP contribution in [0, 0.1) is 6.92 Å². The second-order valence-corrected chi connectivity index (χ2v) is 5.92. The molecule has 1 aromatic heterocycles. The number of carbonyl (C=O) groups excluding carboxylic acids is 1. The van der Waals surface area contributed by atoms with Crippen molar-refractivity contribution >= 4 is 17.3 Å². The monoisotopic (exact) mass is 325 g/mol. The number of thiazole rings is 1. The lowest BCUT2D eigenvalue weighted by Crippen LogP contribution is -2.06. The number of rotatable bonds is 4. The number of benzene rings is 2. The molecule has 4 nitrogen and oxygen atoms in total. The van der Waals surface area contributed by atoms with E-state index >= 15 is 0 Å². The average Bonchev–Trinajstić information content (AvgIpc) is 3.05. The van der Waals surface area contributed by atoms with Gasteiger partial charge in [-0.3, -0.25) is 0 Å². The largest absolute Gasteiger partial charge is 0.507 e. The molecule has 0 saturated heterocycles. The minimum atomic E-state index is -0.555. The summed E-state index contributed by atoms with van der Waals surface area (Å²) >= 11 is 1.50. The Bertz CT molecular complexity index is 827. The zero-order chi connectivity index (χ0) is 16.2. The number of nitrogens with zero attached hydrogens (tertiary/aromatic N) is 1. The summed E-state index contributed by atoms with van der Waals surface area (Å²) in [6.45, 7) is 1.81. The van der Waals surface area contributed by atoms with Crippen molar-refractivity contribution < 1.29 is 14.6 Å². The van der Waals surface area contributed by atoms with Gasteiger partial charge in [0, 0.05) is 10.9 Å². The van der Waals surface area contributed by atoms with Crippen molar-refractivity contribution in [2.24, 2.45) is 0 Å². The summed E-state index contributed by atoms with van der Waals surface area (Å²) in [5, 5.41) is 12.7. The number of aromatic hydroxyl groups is 1. The zero-order valence-corrected chi connectivity index (χ0v) is 13.3. The number of esters is 1. The fraction of sp³-hybridized carbons (Fsp3) is 0.111. The van der Waals surface area contributed by atoms with Gasteiger partial charge in [0.25, 0.3) is 0 Å². The first kappa shape index (κ1) is 15.2. The Balaban J connectivity index is 1.68. The van der Waals surface area contributed by atoms with E-state index in [1.54, 1.807) is 25.1 Å². The summed E-state index contributed by atoms with van der Waals surface area (Å²) in [5.41, 5.74) is 2.53. The summed E-state index contributed by atoms with van der Waals surface area (Å²) in [4.78, 5) is 16.5. The highest BCUT2D eigenvalue weighted by Crippen LogP contribution is 2.25. The predicted molar refractivity (Wildman–Crippen MR) is 89.5 cm³/mol. The minimum absolute atomic E-state index is 0.0410. The molecule has 3 aromatic rings. The van der Waals surface area contributed by atoms with Crippen molar-refractivity contribution in [2.45, 2.75) is 13.5 Å². The summed E-state index contributed by atoms with van der Waals surface area (Å²) < 4.78 is 5.24. The predicted octanol–water partition coefficient (Wildman–Crippen LogP) is 4.18. The van der Waals surface area contributed by atoms with Gasteiger partial charge in [0.2, 0.25) is 0 Å². The lowest BCUT2D eigenvalue weighted by Gasteiger charge is -2.06. The highest BCUT2D eigenvalue weighted by molar-refractivity contribution is 7.13. The Hall–Kier alpha value is -2.66. The lowest BCUT2D eigenvalue weighted by atomic mass is 10.1. The normalized spacial score (nSPS) is 10.5. The third-order valence-corrected chi connectivity index (χ3v) is 4.32. The Morgan fingerprint density at radius 3 is 2.74 bits per heavy atom. The molecule has 23 heavy (non-hydrogen) atoms. The number of phenolic OH excluding ortho intramolecular Hbond substituents is 1. The van der Waals surface area contributed by atoms with Gasteiger partial charge in [-0.2, -0.15) is 0 Å². The van der Waals surface area contributed by atoms with E-state index in [4.69, 9.17) is 4.74 Å². The average molecular weight is 325 g/mol. The molecule has 0 bridgehead atoms. The molecule has 0 saturated carbocycles. The van der Waals surface area contributed by atoms with Crippen LogP contribution in [-0.2, 0) is 11.3 Å². The number of phenols is 1. The molecule has 0 spiro atoms. The number of aryl methyl sites for hydroxylation is 1. The first-order chi connectivity index (χ1) is 11.1. The van der Waals surface area contributed by atoms with Crippen LogP contribution >= 0.6 is 11.3 Å². The maximum absolute atomic E-state index is 12.1. The van der Waals surface area contributed by atoms with Gasteiger partial charge < -0.3 is 9.84 Å². The summed E-state index contributed by atoms with van der Waals surface area (Å²) in [5.74, 6) is -0.596. The smallest absolute Gasteiger partial charge is 0.342 e. The van der Waals surface area contributed by atoms with Gasteiger partial charge in [0.05, 0.1) is 5.69 Å². The molecule has 1 heterocycles. The van der Waals surface area contributed by atoms with Crippen LogP contribution in [0.1, 0.15) is 21.6 Å². The van der Waals surface area contributed by atoms with E-state index in [-0.39, 0.29) is 17.9 Å². The van der Waals surface area contributed by atoms with E-state index in [0.717, 1.165) is 10.6 Å². The number of para-hydroxylation sites is 1. The second kappa shape index (κ2) is 6.62. The maximum Gasteiger partial charge on any atom is 0.342 e. The van der Waals surface area contributed by atoms with Gasteiger partial charge in [0.1, 0.15) is 22.9 Å². The highest BCUT2D eigenvalue weighted by Gasteiger charge is 2.14. The van der Waals surface area contributed by atoms with Gasteiger partial charge in [-0.15, -0.1) is 11.3 Å². The molecule has 0 radical (unpaired) electrons. The number of aromatic nitrogens is 1. The second-order valence-electron chi connectivity index (χ2n) is 5.06. The Labute approximate surface area is 138 Å². The number of carbonyl (C=O) groups is 1. The summed E-state index contributed by atoms with van der Waals surface area (Å²) in [6.07, 6.45) is 0. The van der Waals surface area contributed by atoms with Crippen LogP contribution in [0.25, 0.3) is 10.6 Å². The van der Waals surface area contributed by atoms with E-state index in [1.165, 1.54) is 11.3 Å². The number of hydrogen-bond donors (Lipinski definition) is 1. The van der Waals surface area contributed by atoms with Crippen molar-refractivity contribution in [3.8, 4) is 16.3 Å². The Morgan fingerprint density at radius 1 is 1.17 bits per heavy atom. The zero-order valence-electron chi connectivity index (χ0n) is 12.5. The van der Waals surface area contributed by atoms with Gasteiger partial charge in [-0.05, 0) is 18.6 Å². The maximum atomic E-state index is 12.1. The topological polar surface area (TPSA) is 59.4 Å². The van der Waals surface area contributed by atoms with Crippen LogP contribution in [0.3, 0.4) is 0 Å². The van der Waals surface area contributed by atoms with Crippen molar-refractivity contribution in [3.05, 3.63) is 70.7 Å². The van der Waals surface area contributed by atoms with Gasteiger partial charge >= 0.3 is 5.97 Å². The quantitative estimate of drug-likeness (QED) is 0.731. The molecular weight excluding hydrogens is 310 g/mol.